The second-order valence-electron chi connectivity index (χ2n) is 4.20. The Morgan fingerprint density at radius 3 is 2.50 bits per heavy atom. The predicted molar refractivity (Wildman–Crippen MR) is 83.4 cm³/mol. The number of amides is 2. The van der Waals surface area contributed by atoms with Crippen molar-refractivity contribution in [2.24, 2.45) is 0 Å². The van der Waals surface area contributed by atoms with Gasteiger partial charge in [-0.05, 0) is 42.8 Å². The fraction of sp³-hybridized carbons (Fsp3) is 0.0714. The van der Waals surface area contributed by atoms with Gasteiger partial charge in [-0.15, -0.1) is 0 Å². The molecule has 20 heavy (non-hydrogen) atoms. The number of carbonyl (C=O) groups is 1. The lowest BCUT2D eigenvalue weighted by Crippen LogP contribution is -2.33. The van der Waals surface area contributed by atoms with E-state index in [0.29, 0.717) is 15.7 Å². The third kappa shape index (κ3) is 4.05. The molecule has 0 aliphatic carbocycles. The summed E-state index contributed by atoms with van der Waals surface area (Å²) in [5.74, 6) is 0. The Bertz CT molecular complexity index is 632. The molecule has 2 rings (SSSR count). The zero-order chi connectivity index (χ0) is 14.5. The first-order valence-electron chi connectivity index (χ1n) is 5.89. The molecule has 0 aromatic heterocycles. The number of hydrogen-bond acceptors (Lipinski definition) is 2. The van der Waals surface area contributed by atoms with Crippen LogP contribution < -0.4 is 16.2 Å². The summed E-state index contributed by atoms with van der Waals surface area (Å²) in [6.07, 6.45) is 0. The van der Waals surface area contributed by atoms with Crippen molar-refractivity contribution in [3.8, 4) is 0 Å². The fourth-order valence-electron chi connectivity index (χ4n) is 1.59. The van der Waals surface area contributed by atoms with Crippen LogP contribution in [0, 0.1) is 6.92 Å². The Morgan fingerprint density at radius 1 is 1.00 bits per heavy atom. The molecule has 0 unspecified atom stereocenters. The van der Waals surface area contributed by atoms with E-state index in [1.165, 1.54) is 0 Å². The highest BCUT2D eigenvalue weighted by Crippen LogP contribution is 2.24. The number of hydrogen-bond donors (Lipinski definition) is 3. The molecule has 0 radical (unpaired) electrons. The number of hydrazine groups is 1. The van der Waals surface area contributed by atoms with E-state index >= 15 is 0 Å². The van der Waals surface area contributed by atoms with Gasteiger partial charge in [0.25, 0.3) is 0 Å². The molecule has 3 N–H and O–H groups in total. The maximum absolute atomic E-state index is 11.7. The molecule has 4 nitrogen and oxygen atoms in total. The first kappa shape index (κ1) is 14.5. The van der Waals surface area contributed by atoms with E-state index in [9.17, 15) is 4.79 Å². The van der Waals surface area contributed by atoms with Gasteiger partial charge in [-0.2, -0.15) is 0 Å². The number of carbonyl (C=O) groups excluding carboxylic acids is 1. The summed E-state index contributed by atoms with van der Waals surface area (Å²) in [5.41, 5.74) is 7.80. The molecule has 0 saturated heterocycles. The van der Waals surface area contributed by atoms with Gasteiger partial charge in [0.2, 0.25) is 0 Å². The van der Waals surface area contributed by atoms with Crippen LogP contribution in [0.5, 0.6) is 0 Å². The van der Waals surface area contributed by atoms with Crippen molar-refractivity contribution in [3.63, 3.8) is 0 Å². The molecular formula is C14H13Cl2N3O. The van der Waals surface area contributed by atoms with E-state index in [0.717, 1.165) is 11.3 Å². The van der Waals surface area contributed by atoms with Crippen molar-refractivity contribution < 1.29 is 4.79 Å². The van der Waals surface area contributed by atoms with Crippen molar-refractivity contribution in [2.45, 2.75) is 6.92 Å². The molecule has 0 aliphatic heterocycles. The number of anilines is 2. The van der Waals surface area contributed by atoms with Crippen LogP contribution in [0.15, 0.2) is 42.5 Å². The minimum absolute atomic E-state index is 0.385. The number of halogens is 2. The third-order valence-electron chi connectivity index (χ3n) is 2.52. The Hall–Kier alpha value is -1.91. The van der Waals surface area contributed by atoms with Crippen LogP contribution in [0.2, 0.25) is 10.0 Å². The van der Waals surface area contributed by atoms with Gasteiger partial charge in [0.1, 0.15) is 0 Å². The highest BCUT2D eigenvalue weighted by molar-refractivity contribution is 6.42. The minimum Gasteiger partial charge on any atom is -0.307 e. The maximum Gasteiger partial charge on any atom is 0.337 e. The van der Waals surface area contributed by atoms with Crippen LogP contribution in [-0.2, 0) is 0 Å². The van der Waals surface area contributed by atoms with Crippen LogP contribution >= 0.6 is 23.2 Å². The smallest absolute Gasteiger partial charge is 0.307 e. The molecule has 0 bridgehead atoms. The summed E-state index contributed by atoms with van der Waals surface area (Å²) in [6, 6.07) is 12.1. The van der Waals surface area contributed by atoms with Crippen LogP contribution in [0.25, 0.3) is 0 Å². The number of urea groups is 1. The minimum atomic E-state index is -0.398. The zero-order valence-electron chi connectivity index (χ0n) is 10.7. The summed E-state index contributed by atoms with van der Waals surface area (Å²) < 4.78 is 0. The van der Waals surface area contributed by atoms with E-state index in [1.54, 1.807) is 18.2 Å². The van der Waals surface area contributed by atoms with Crippen molar-refractivity contribution in [2.75, 3.05) is 10.7 Å². The first-order valence-corrected chi connectivity index (χ1v) is 6.65. The molecule has 0 aliphatic rings. The summed E-state index contributed by atoms with van der Waals surface area (Å²) in [5, 5.41) is 3.46. The van der Waals surface area contributed by atoms with Gasteiger partial charge in [0.05, 0.1) is 15.7 Å². The number of nitrogens with one attached hydrogen (secondary N) is 3. The van der Waals surface area contributed by atoms with Gasteiger partial charge in [-0.25, -0.2) is 4.79 Å². The van der Waals surface area contributed by atoms with Crippen LogP contribution in [0.3, 0.4) is 0 Å². The van der Waals surface area contributed by atoms with Gasteiger partial charge in [0, 0.05) is 5.69 Å². The fourth-order valence-corrected chi connectivity index (χ4v) is 1.89. The largest absolute Gasteiger partial charge is 0.337 e. The van der Waals surface area contributed by atoms with Crippen molar-refractivity contribution in [1.82, 2.24) is 5.43 Å². The van der Waals surface area contributed by atoms with Crippen LogP contribution in [0.4, 0.5) is 16.2 Å². The van der Waals surface area contributed by atoms with Gasteiger partial charge >= 0.3 is 6.03 Å². The van der Waals surface area contributed by atoms with E-state index in [2.05, 4.69) is 16.2 Å². The van der Waals surface area contributed by atoms with Gasteiger partial charge in [-0.1, -0.05) is 35.3 Å². The monoisotopic (exact) mass is 309 g/mol. The van der Waals surface area contributed by atoms with Crippen molar-refractivity contribution in [1.29, 1.82) is 0 Å². The van der Waals surface area contributed by atoms with Gasteiger partial charge in [0.15, 0.2) is 0 Å². The lowest BCUT2D eigenvalue weighted by atomic mass is 10.2. The first-order chi connectivity index (χ1) is 9.54. The summed E-state index contributed by atoms with van der Waals surface area (Å²) >= 11 is 11.7. The number of aryl methyl sites for hydroxylation is 1. The van der Waals surface area contributed by atoms with E-state index in [-0.39, 0.29) is 0 Å². The van der Waals surface area contributed by atoms with Crippen molar-refractivity contribution >= 4 is 40.6 Å². The molecule has 2 aromatic rings. The van der Waals surface area contributed by atoms with E-state index in [4.69, 9.17) is 23.2 Å². The SMILES string of the molecule is Cc1cccc(NNC(=O)Nc2ccc(Cl)c(Cl)c2)c1. The predicted octanol–water partition coefficient (Wildman–Crippen LogP) is 4.45. The standard InChI is InChI=1S/C14H13Cl2N3O/c1-9-3-2-4-11(7-9)18-19-14(20)17-10-5-6-12(15)13(16)8-10/h2-8,18H,1H3,(H2,17,19,20). The highest BCUT2D eigenvalue weighted by atomic mass is 35.5. The second-order valence-corrected chi connectivity index (χ2v) is 5.02. The van der Waals surface area contributed by atoms with Crippen LogP contribution in [-0.4, -0.2) is 6.03 Å². The molecule has 2 aromatic carbocycles. The highest BCUT2D eigenvalue weighted by Gasteiger charge is 2.03. The molecule has 0 spiro atoms. The lowest BCUT2D eigenvalue weighted by molar-refractivity contribution is 0.254. The average Bonchev–Trinajstić information content (AvgIpc) is 2.41. The number of benzene rings is 2. The Morgan fingerprint density at radius 2 is 1.80 bits per heavy atom. The Kier molecular flexibility index (Phi) is 4.71. The number of rotatable bonds is 3. The average molecular weight is 310 g/mol. The Balaban J connectivity index is 1.91. The lowest BCUT2D eigenvalue weighted by Gasteiger charge is -2.10. The molecule has 0 fully saturated rings. The van der Waals surface area contributed by atoms with E-state index < -0.39 is 6.03 Å². The van der Waals surface area contributed by atoms with Gasteiger partial charge < -0.3 is 5.32 Å². The summed E-state index contributed by atoms with van der Waals surface area (Å²) in [4.78, 5) is 11.7. The molecular weight excluding hydrogens is 297 g/mol. The molecule has 0 atom stereocenters. The molecule has 104 valence electrons. The molecule has 0 heterocycles. The van der Waals surface area contributed by atoms with Crippen LogP contribution in [0.1, 0.15) is 5.56 Å². The van der Waals surface area contributed by atoms with Crippen molar-refractivity contribution in [3.05, 3.63) is 58.1 Å². The summed E-state index contributed by atoms with van der Waals surface area (Å²) in [6.45, 7) is 1.97. The topological polar surface area (TPSA) is 53.2 Å². The Labute approximate surface area is 127 Å². The second kappa shape index (κ2) is 6.50. The zero-order valence-corrected chi connectivity index (χ0v) is 12.2. The molecule has 2 amide bonds. The quantitative estimate of drug-likeness (QED) is 0.734. The maximum atomic E-state index is 11.7. The molecule has 0 saturated carbocycles. The summed E-state index contributed by atoms with van der Waals surface area (Å²) in [7, 11) is 0. The third-order valence-corrected chi connectivity index (χ3v) is 3.25. The van der Waals surface area contributed by atoms with Gasteiger partial charge in [-0.3, -0.25) is 10.9 Å². The normalized spacial score (nSPS) is 9.95. The van der Waals surface area contributed by atoms with E-state index in [1.807, 2.05) is 31.2 Å². The molecule has 6 heteroatoms.